The summed E-state index contributed by atoms with van der Waals surface area (Å²) in [5.74, 6) is 2.36. The molecule has 2 spiro atoms. The molecule has 34 heavy (non-hydrogen) atoms. The molecule has 0 N–H and O–H groups in total. The summed E-state index contributed by atoms with van der Waals surface area (Å²) in [5, 5.41) is 0. The molecule has 7 aliphatic rings. The number of ether oxygens (including phenoxy) is 4. The second-order valence-electron chi connectivity index (χ2n) is 13.4. The first-order valence-corrected chi connectivity index (χ1v) is 14.1. The monoisotopic (exact) mass is 470 g/mol. The number of fused-ring (bicyclic) bond motifs is 8. The minimum absolute atomic E-state index is 0.0766. The van der Waals surface area contributed by atoms with E-state index in [1.807, 2.05) is 6.08 Å². The van der Waals surface area contributed by atoms with Crippen LogP contribution in [0.3, 0.4) is 0 Å². The lowest BCUT2D eigenvalue weighted by molar-refractivity contribution is -0.313. The van der Waals surface area contributed by atoms with Crippen molar-refractivity contribution in [2.24, 2.45) is 46.3 Å². The van der Waals surface area contributed by atoms with Gasteiger partial charge in [0.15, 0.2) is 17.4 Å². The first-order chi connectivity index (χ1) is 16.2. The standard InChI is InChI=1S/C29H42O5/c1-17-7-10-28(33-16-17)18(2)25-24(34-28)14-22-21-6-5-19-13-20(30)8-9-26(19,3)23(21)15-29(27(22,25)4)31-11-12-32-29/h13,17-18,21-25H,5-12,14-16H2,1-4H3/t17-,18-,21-,22-,23-,24-,25-,26-,27-,28+/m0/s1. The Morgan fingerprint density at radius 2 is 1.76 bits per heavy atom. The molecule has 3 heterocycles. The lowest BCUT2D eigenvalue weighted by Crippen LogP contribution is -2.64. The largest absolute Gasteiger partial charge is 0.349 e. The Morgan fingerprint density at radius 3 is 2.50 bits per heavy atom. The fourth-order valence-electron chi connectivity index (χ4n) is 10.4. The zero-order valence-electron chi connectivity index (χ0n) is 21.4. The Hall–Kier alpha value is -0.750. The summed E-state index contributed by atoms with van der Waals surface area (Å²) in [5.41, 5.74) is 1.41. The summed E-state index contributed by atoms with van der Waals surface area (Å²) in [6.45, 7) is 11.8. The van der Waals surface area contributed by atoms with Gasteiger partial charge in [-0.05, 0) is 67.3 Å². The number of hydrogen-bond donors (Lipinski definition) is 0. The third-order valence-electron chi connectivity index (χ3n) is 12.2. The molecule has 0 aromatic heterocycles. The molecule has 7 rings (SSSR count). The smallest absolute Gasteiger partial charge is 0.174 e. The lowest BCUT2D eigenvalue weighted by Gasteiger charge is -2.63. The summed E-state index contributed by atoms with van der Waals surface area (Å²) >= 11 is 0. The normalized spacial score (nSPS) is 55.6. The van der Waals surface area contributed by atoms with Crippen LogP contribution in [0, 0.1) is 46.3 Å². The zero-order valence-corrected chi connectivity index (χ0v) is 21.4. The second kappa shape index (κ2) is 7.18. The van der Waals surface area contributed by atoms with Crippen molar-refractivity contribution in [3.8, 4) is 0 Å². The van der Waals surface area contributed by atoms with E-state index in [4.69, 9.17) is 18.9 Å². The quantitative estimate of drug-likeness (QED) is 0.482. The number of allylic oxidation sites excluding steroid dienone is 1. The third-order valence-corrected chi connectivity index (χ3v) is 12.2. The average molecular weight is 471 g/mol. The van der Waals surface area contributed by atoms with Gasteiger partial charge in [-0.2, -0.15) is 0 Å². The number of carbonyl (C=O) groups excluding carboxylic acids is 1. The Morgan fingerprint density at radius 1 is 0.971 bits per heavy atom. The van der Waals surface area contributed by atoms with Gasteiger partial charge in [-0.3, -0.25) is 4.79 Å². The molecule has 6 fully saturated rings. The van der Waals surface area contributed by atoms with Gasteiger partial charge in [0.25, 0.3) is 0 Å². The Balaban J connectivity index is 1.29. The maximum absolute atomic E-state index is 12.3. The topological polar surface area (TPSA) is 54.0 Å². The molecule has 4 aliphatic carbocycles. The molecule has 0 amide bonds. The molecular formula is C29H42O5. The van der Waals surface area contributed by atoms with Crippen molar-refractivity contribution in [1.29, 1.82) is 0 Å². The minimum Gasteiger partial charge on any atom is -0.349 e. The van der Waals surface area contributed by atoms with Gasteiger partial charge in [0, 0.05) is 36.5 Å². The molecule has 188 valence electrons. The molecule has 0 radical (unpaired) electrons. The fourth-order valence-corrected chi connectivity index (χ4v) is 10.4. The van der Waals surface area contributed by atoms with E-state index in [-0.39, 0.29) is 16.9 Å². The number of ketones is 1. The van der Waals surface area contributed by atoms with Crippen LogP contribution in [0.15, 0.2) is 11.6 Å². The highest BCUT2D eigenvalue weighted by atomic mass is 16.7. The van der Waals surface area contributed by atoms with Crippen LogP contribution in [0.4, 0.5) is 0 Å². The van der Waals surface area contributed by atoms with Gasteiger partial charge in [0.05, 0.1) is 25.9 Å². The summed E-state index contributed by atoms with van der Waals surface area (Å²) < 4.78 is 27.0. The van der Waals surface area contributed by atoms with Crippen LogP contribution in [-0.4, -0.2) is 43.3 Å². The van der Waals surface area contributed by atoms with Gasteiger partial charge in [0.2, 0.25) is 0 Å². The predicted molar refractivity (Wildman–Crippen MR) is 127 cm³/mol. The van der Waals surface area contributed by atoms with E-state index >= 15 is 0 Å². The van der Waals surface area contributed by atoms with Gasteiger partial charge in [0.1, 0.15) is 0 Å². The van der Waals surface area contributed by atoms with Crippen molar-refractivity contribution in [3.05, 3.63) is 11.6 Å². The van der Waals surface area contributed by atoms with Crippen LogP contribution in [0.1, 0.15) is 79.1 Å². The van der Waals surface area contributed by atoms with Gasteiger partial charge in [-0.25, -0.2) is 0 Å². The van der Waals surface area contributed by atoms with Crippen LogP contribution in [0.2, 0.25) is 0 Å². The summed E-state index contributed by atoms with van der Waals surface area (Å²) in [6, 6.07) is 0. The van der Waals surface area contributed by atoms with Crippen molar-refractivity contribution in [3.63, 3.8) is 0 Å². The highest BCUT2D eigenvalue weighted by Crippen LogP contribution is 2.74. The molecule has 3 saturated carbocycles. The van der Waals surface area contributed by atoms with Crippen LogP contribution < -0.4 is 0 Å². The van der Waals surface area contributed by atoms with Crippen molar-refractivity contribution < 1.29 is 23.7 Å². The van der Waals surface area contributed by atoms with Crippen molar-refractivity contribution in [2.75, 3.05) is 19.8 Å². The highest BCUT2D eigenvalue weighted by Gasteiger charge is 2.77. The Kier molecular flexibility index (Phi) is 4.74. The van der Waals surface area contributed by atoms with Crippen LogP contribution >= 0.6 is 0 Å². The summed E-state index contributed by atoms with van der Waals surface area (Å²) in [6.07, 6.45) is 10.4. The van der Waals surface area contributed by atoms with E-state index in [2.05, 4.69) is 27.7 Å². The zero-order chi connectivity index (χ0) is 23.5. The molecule has 3 aliphatic heterocycles. The molecule has 5 heteroatoms. The second-order valence-corrected chi connectivity index (χ2v) is 13.4. The van der Waals surface area contributed by atoms with E-state index in [0.29, 0.717) is 60.9 Å². The molecule has 0 unspecified atom stereocenters. The lowest BCUT2D eigenvalue weighted by atomic mass is 9.44. The first kappa shape index (κ1) is 22.4. The van der Waals surface area contributed by atoms with E-state index in [0.717, 1.165) is 38.7 Å². The molecule has 3 saturated heterocycles. The molecule has 0 bridgehead atoms. The molecular weight excluding hydrogens is 428 g/mol. The van der Waals surface area contributed by atoms with Crippen LogP contribution in [-0.2, 0) is 23.7 Å². The molecule has 0 aromatic rings. The predicted octanol–water partition coefficient (Wildman–Crippen LogP) is 5.28. The Bertz CT molecular complexity index is 911. The first-order valence-electron chi connectivity index (χ1n) is 14.1. The van der Waals surface area contributed by atoms with Crippen molar-refractivity contribution in [1.82, 2.24) is 0 Å². The van der Waals surface area contributed by atoms with Crippen LogP contribution in [0.25, 0.3) is 0 Å². The van der Waals surface area contributed by atoms with E-state index in [1.165, 1.54) is 18.4 Å². The van der Waals surface area contributed by atoms with Gasteiger partial charge in [-0.1, -0.05) is 33.3 Å². The molecule has 10 atom stereocenters. The maximum Gasteiger partial charge on any atom is 0.174 e. The average Bonchev–Trinajstić information content (AvgIpc) is 3.47. The Labute approximate surface area is 204 Å². The van der Waals surface area contributed by atoms with E-state index in [9.17, 15) is 4.79 Å². The molecule has 5 nitrogen and oxygen atoms in total. The highest BCUT2D eigenvalue weighted by molar-refractivity contribution is 5.91. The van der Waals surface area contributed by atoms with Crippen LogP contribution in [0.5, 0.6) is 0 Å². The van der Waals surface area contributed by atoms with Gasteiger partial charge < -0.3 is 18.9 Å². The fraction of sp³-hybridized carbons (Fsp3) is 0.897. The van der Waals surface area contributed by atoms with Gasteiger partial charge >= 0.3 is 0 Å². The number of carbonyl (C=O) groups is 1. The number of hydrogen-bond acceptors (Lipinski definition) is 5. The maximum atomic E-state index is 12.3. The third kappa shape index (κ3) is 2.63. The molecule has 0 aromatic carbocycles. The van der Waals surface area contributed by atoms with Gasteiger partial charge in [-0.15, -0.1) is 0 Å². The summed E-state index contributed by atoms with van der Waals surface area (Å²) in [4.78, 5) is 12.3. The minimum atomic E-state index is -0.545. The number of rotatable bonds is 0. The van der Waals surface area contributed by atoms with Crippen molar-refractivity contribution >= 4 is 5.78 Å². The summed E-state index contributed by atoms with van der Waals surface area (Å²) in [7, 11) is 0. The van der Waals surface area contributed by atoms with E-state index < -0.39 is 11.6 Å². The SMILES string of the molecule is C[C@H]1CC[C@@]2(OC1)O[C@H]1C[C@H]3[C@@H]4CCC5=CC(=O)CC[C@]5(C)[C@H]4CC4(OCCO4)[C@]3(C)[C@H]1[C@@H]2C. The van der Waals surface area contributed by atoms with E-state index in [1.54, 1.807) is 0 Å². The van der Waals surface area contributed by atoms with Crippen molar-refractivity contribution in [2.45, 2.75) is 96.7 Å².